The number of hydrogen-bond acceptors (Lipinski definition) is 4. The van der Waals surface area contributed by atoms with E-state index < -0.39 is 15.9 Å². The van der Waals surface area contributed by atoms with Gasteiger partial charge < -0.3 is 9.32 Å². The molecule has 0 aliphatic heterocycles. The van der Waals surface area contributed by atoms with Gasteiger partial charge in [-0.05, 0) is 49.4 Å². The van der Waals surface area contributed by atoms with Crippen molar-refractivity contribution in [3.05, 3.63) is 82.8 Å². The summed E-state index contributed by atoms with van der Waals surface area (Å²) in [6.45, 7) is 2.13. The normalized spacial score (nSPS) is 11.6. The standard InChI is InChI=1S/C21H21ClN2O4S/c1-15-6-8-16(9-7-15)24(14-17-5-4-12-28-17)21(25)19-13-18(10-11-20(19)22)29(26,27)23(2)3/h4-13H,14H2,1-3H3. The number of aryl methyl sites for hydroxylation is 1. The van der Waals surface area contributed by atoms with Gasteiger partial charge in [-0.15, -0.1) is 0 Å². The van der Waals surface area contributed by atoms with Crippen LogP contribution >= 0.6 is 11.6 Å². The van der Waals surface area contributed by atoms with Gasteiger partial charge in [-0.1, -0.05) is 29.3 Å². The van der Waals surface area contributed by atoms with Crippen LogP contribution in [0.5, 0.6) is 0 Å². The second kappa shape index (κ2) is 8.41. The number of rotatable bonds is 6. The number of amides is 1. The fraction of sp³-hybridized carbons (Fsp3) is 0.190. The quantitative estimate of drug-likeness (QED) is 0.581. The lowest BCUT2D eigenvalue weighted by Gasteiger charge is -2.23. The Balaban J connectivity index is 2.07. The summed E-state index contributed by atoms with van der Waals surface area (Å²) < 4.78 is 31.5. The van der Waals surface area contributed by atoms with Gasteiger partial charge in [0.2, 0.25) is 10.0 Å². The molecule has 3 aromatic rings. The van der Waals surface area contributed by atoms with Crippen molar-refractivity contribution in [2.75, 3.05) is 19.0 Å². The van der Waals surface area contributed by atoms with Crippen molar-refractivity contribution < 1.29 is 17.6 Å². The third-order valence-corrected chi connectivity index (χ3v) is 6.57. The van der Waals surface area contributed by atoms with Crippen molar-refractivity contribution >= 4 is 33.2 Å². The summed E-state index contributed by atoms with van der Waals surface area (Å²) in [5.74, 6) is 0.165. The van der Waals surface area contributed by atoms with Crippen LogP contribution in [0.3, 0.4) is 0 Å². The smallest absolute Gasteiger partial charge is 0.260 e. The largest absolute Gasteiger partial charge is 0.467 e. The average Bonchev–Trinajstić information content (AvgIpc) is 3.20. The molecule has 0 unspecified atom stereocenters. The number of carbonyl (C=O) groups is 1. The molecule has 1 aromatic heterocycles. The number of hydrogen-bond donors (Lipinski definition) is 0. The van der Waals surface area contributed by atoms with E-state index >= 15 is 0 Å². The fourth-order valence-electron chi connectivity index (χ4n) is 2.75. The Morgan fingerprint density at radius 3 is 2.34 bits per heavy atom. The van der Waals surface area contributed by atoms with E-state index in [-0.39, 0.29) is 22.0 Å². The van der Waals surface area contributed by atoms with Gasteiger partial charge in [-0.3, -0.25) is 4.79 Å². The molecule has 0 saturated carbocycles. The predicted molar refractivity (Wildman–Crippen MR) is 113 cm³/mol. The second-order valence-corrected chi connectivity index (χ2v) is 9.29. The maximum atomic E-state index is 13.4. The first-order valence-electron chi connectivity index (χ1n) is 8.83. The lowest BCUT2D eigenvalue weighted by Crippen LogP contribution is -2.31. The Morgan fingerprint density at radius 1 is 1.07 bits per heavy atom. The van der Waals surface area contributed by atoms with Crippen molar-refractivity contribution in [1.82, 2.24) is 4.31 Å². The summed E-state index contributed by atoms with van der Waals surface area (Å²) in [5.41, 5.74) is 1.80. The first-order valence-corrected chi connectivity index (χ1v) is 10.6. The lowest BCUT2D eigenvalue weighted by atomic mass is 10.1. The van der Waals surface area contributed by atoms with E-state index in [0.717, 1.165) is 9.87 Å². The Kier molecular flexibility index (Phi) is 6.12. The number of benzene rings is 2. The Morgan fingerprint density at radius 2 is 1.76 bits per heavy atom. The van der Waals surface area contributed by atoms with Crippen LogP contribution in [0.1, 0.15) is 21.7 Å². The molecule has 6 nitrogen and oxygen atoms in total. The zero-order valence-electron chi connectivity index (χ0n) is 16.3. The van der Waals surface area contributed by atoms with Gasteiger partial charge in [0, 0.05) is 19.8 Å². The van der Waals surface area contributed by atoms with Gasteiger partial charge in [0.1, 0.15) is 5.76 Å². The molecule has 0 atom stereocenters. The fourth-order valence-corrected chi connectivity index (χ4v) is 3.88. The molecule has 1 heterocycles. The van der Waals surface area contributed by atoms with E-state index in [2.05, 4.69) is 0 Å². The van der Waals surface area contributed by atoms with Crippen molar-refractivity contribution in [3.63, 3.8) is 0 Å². The van der Waals surface area contributed by atoms with Crippen LogP contribution in [-0.4, -0.2) is 32.7 Å². The van der Waals surface area contributed by atoms with Gasteiger partial charge in [-0.25, -0.2) is 12.7 Å². The highest BCUT2D eigenvalue weighted by Crippen LogP contribution is 2.27. The van der Waals surface area contributed by atoms with Gasteiger partial charge in [0.25, 0.3) is 5.91 Å². The molecular weight excluding hydrogens is 412 g/mol. The maximum Gasteiger partial charge on any atom is 0.260 e. The predicted octanol–water partition coefficient (Wildman–Crippen LogP) is 4.34. The Hall–Kier alpha value is -2.61. The molecule has 2 aromatic carbocycles. The zero-order valence-corrected chi connectivity index (χ0v) is 17.9. The third-order valence-electron chi connectivity index (χ3n) is 4.43. The van der Waals surface area contributed by atoms with Crippen molar-refractivity contribution in [2.24, 2.45) is 0 Å². The highest BCUT2D eigenvalue weighted by molar-refractivity contribution is 7.89. The minimum absolute atomic E-state index is 0.00268. The molecule has 0 fully saturated rings. The van der Waals surface area contributed by atoms with Gasteiger partial charge in [0.05, 0.1) is 28.3 Å². The van der Waals surface area contributed by atoms with E-state index in [4.69, 9.17) is 16.0 Å². The molecule has 0 spiro atoms. The molecule has 0 saturated heterocycles. The van der Waals surface area contributed by atoms with Crippen LogP contribution in [0.2, 0.25) is 5.02 Å². The molecular formula is C21H21ClN2O4S. The minimum atomic E-state index is -3.71. The molecule has 0 aliphatic carbocycles. The number of furan rings is 1. The van der Waals surface area contributed by atoms with Gasteiger partial charge in [0.15, 0.2) is 0 Å². The maximum absolute atomic E-state index is 13.4. The minimum Gasteiger partial charge on any atom is -0.467 e. The Labute approximate surface area is 175 Å². The number of nitrogens with zero attached hydrogens (tertiary/aromatic N) is 2. The van der Waals surface area contributed by atoms with E-state index in [1.54, 1.807) is 12.1 Å². The Bertz CT molecular complexity index is 1110. The van der Waals surface area contributed by atoms with Crippen LogP contribution in [0.4, 0.5) is 5.69 Å². The molecule has 0 N–H and O–H groups in total. The van der Waals surface area contributed by atoms with Crippen LogP contribution in [0.15, 0.2) is 70.2 Å². The summed E-state index contributed by atoms with van der Waals surface area (Å²) in [7, 11) is -0.847. The average molecular weight is 433 g/mol. The molecule has 29 heavy (non-hydrogen) atoms. The highest BCUT2D eigenvalue weighted by Gasteiger charge is 2.25. The van der Waals surface area contributed by atoms with Gasteiger partial charge >= 0.3 is 0 Å². The van der Waals surface area contributed by atoms with E-state index in [1.165, 1.54) is 43.5 Å². The second-order valence-electron chi connectivity index (χ2n) is 6.74. The van der Waals surface area contributed by atoms with E-state index in [1.807, 2.05) is 31.2 Å². The first kappa shape index (κ1) is 21.1. The van der Waals surface area contributed by atoms with E-state index in [0.29, 0.717) is 11.4 Å². The van der Waals surface area contributed by atoms with Crippen LogP contribution in [0.25, 0.3) is 0 Å². The number of sulfonamides is 1. The molecule has 3 rings (SSSR count). The topological polar surface area (TPSA) is 70.8 Å². The van der Waals surface area contributed by atoms with Gasteiger partial charge in [-0.2, -0.15) is 0 Å². The summed E-state index contributed by atoms with van der Waals surface area (Å²) in [4.78, 5) is 14.9. The molecule has 1 amide bonds. The lowest BCUT2D eigenvalue weighted by molar-refractivity contribution is 0.0983. The van der Waals surface area contributed by atoms with Crippen LogP contribution < -0.4 is 4.90 Å². The number of carbonyl (C=O) groups excluding carboxylic acids is 1. The van der Waals surface area contributed by atoms with Crippen molar-refractivity contribution in [2.45, 2.75) is 18.4 Å². The number of halogens is 1. The summed E-state index contributed by atoms with van der Waals surface area (Å²) in [5, 5.41) is 0.171. The van der Waals surface area contributed by atoms with Crippen LogP contribution in [0, 0.1) is 6.92 Å². The highest BCUT2D eigenvalue weighted by atomic mass is 35.5. The van der Waals surface area contributed by atoms with Crippen LogP contribution in [-0.2, 0) is 16.6 Å². The van der Waals surface area contributed by atoms with E-state index in [9.17, 15) is 13.2 Å². The van der Waals surface area contributed by atoms with Crippen molar-refractivity contribution in [1.29, 1.82) is 0 Å². The zero-order chi connectivity index (χ0) is 21.2. The molecule has 8 heteroatoms. The first-order chi connectivity index (χ1) is 13.7. The van der Waals surface area contributed by atoms with Crippen molar-refractivity contribution in [3.8, 4) is 0 Å². The molecule has 0 aliphatic rings. The summed E-state index contributed by atoms with van der Waals surface area (Å²) in [6.07, 6.45) is 1.53. The SMILES string of the molecule is Cc1ccc(N(Cc2ccco2)C(=O)c2cc(S(=O)(=O)N(C)C)ccc2Cl)cc1. The molecule has 0 bridgehead atoms. The summed E-state index contributed by atoms with van der Waals surface area (Å²) in [6, 6.07) is 15.1. The molecule has 152 valence electrons. The third kappa shape index (κ3) is 4.53. The summed E-state index contributed by atoms with van der Waals surface area (Å²) >= 11 is 6.28. The monoisotopic (exact) mass is 432 g/mol. The number of anilines is 1. The molecule has 0 radical (unpaired) electrons.